The second kappa shape index (κ2) is 4.06. The SMILES string of the molecule is COc1nc(C(=O)O)c(Br)cc1Br. The first kappa shape index (κ1) is 10.5. The molecule has 0 radical (unpaired) electrons. The van der Waals surface area contributed by atoms with Crippen LogP contribution in [0.4, 0.5) is 0 Å². The number of carboxylic acids is 1. The zero-order chi connectivity index (χ0) is 10.0. The van der Waals surface area contributed by atoms with Gasteiger partial charge in [0, 0.05) is 0 Å². The first-order valence-electron chi connectivity index (χ1n) is 3.19. The minimum Gasteiger partial charge on any atom is -0.480 e. The molecule has 6 heteroatoms. The number of ether oxygens (including phenoxy) is 1. The van der Waals surface area contributed by atoms with Crippen molar-refractivity contribution < 1.29 is 14.6 Å². The molecule has 0 atom stereocenters. The molecule has 0 amide bonds. The van der Waals surface area contributed by atoms with E-state index in [2.05, 4.69) is 36.8 Å². The van der Waals surface area contributed by atoms with Gasteiger partial charge in [-0.05, 0) is 37.9 Å². The molecule has 1 N–H and O–H groups in total. The van der Waals surface area contributed by atoms with Crippen LogP contribution in [0, 0.1) is 0 Å². The zero-order valence-electron chi connectivity index (χ0n) is 6.54. The number of carboxylic acid groups (broad SMARTS) is 1. The number of aromatic carboxylic acids is 1. The summed E-state index contributed by atoms with van der Waals surface area (Å²) in [5.74, 6) is -0.849. The van der Waals surface area contributed by atoms with E-state index in [1.165, 1.54) is 7.11 Å². The average Bonchev–Trinajstić information content (AvgIpc) is 2.03. The lowest BCUT2D eigenvalue weighted by atomic mass is 10.3. The molecule has 0 saturated carbocycles. The maximum absolute atomic E-state index is 10.6. The highest BCUT2D eigenvalue weighted by molar-refractivity contribution is 9.11. The van der Waals surface area contributed by atoms with E-state index < -0.39 is 5.97 Å². The maximum Gasteiger partial charge on any atom is 0.355 e. The van der Waals surface area contributed by atoms with Crippen LogP contribution in [0.1, 0.15) is 10.5 Å². The third kappa shape index (κ3) is 2.19. The molecular formula is C7H5Br2NO3. The number of methoxy groups -OCH3 is 1. The van der Waals surface area contributed by atoms with E-state index in [1.807, 2.05) is 0 Å². The third-order valence-electron chi connectivity index (χ3n) is 1.29. The highest BCUT2D eigenvalue weighted by atomic mass is 79.9. The number of nitrogens with zero attached hydrogens (tertiary/aromatic N) is 1. The molecule has 0 aromatic carbocycles. The molecule has 0 bridgehead atoms. The summed E-state index contributed by atoms with van der Waals surface area (Å²) >= 11 is 6.26. The van der Waals surface area contributed by atoms with Gasteiger partial charge in [0.15, 0.2) is 5.69 Å². The highest BCUT2D eigenvalue weighted by Crippen LogP contribution is 2.27. The van der Waals surface area contributed by atoms with Crippen LogP contribution in [0.2, 0.25) is 0 Å². The number of hydrogen-bond acceptors (Lipinski definition) is 3. The molecule has 0 fully saturated rings. The molecule has 0 aliphatic heterocycles. The smallest absolute Gasteiger partial charge is 0.355 e. The standard InChI is InChI=1S/C7H5Br2NO3/c1-13-6-4(9)2-3(8)5(10-6)7(11)12/h2H,1H3,(H,11,12). The molecule has 0 unspecified atom stereocenters. The van der Waals surface area contributed by atoms with Crippen LogP contribution in [-0.2, 0) is 0 Å². The number of carbonyl (C=O) groups is 1. The molecule has 13 heavy (non-hydrogen) atoms. The van der Waals surface area contributed by atoms with Crippen molar-refractivity contribution in [2.24, 2.45) is 0 Å². The molecule has 0 aliphatic carbocycles. The van der Waals surface area contributed by atoms with Crippen molar-refractivity contribution in [3.63, 3.8) is 0 Å². The van der Waals surface area contributed by atoms with E-state index in [0.29, 0.717) is 8.95 Å². The van der Waals surface area contributed by atoms with Crippen LogP contribution in [0.25, 0.3) is 0 Å². The Morgan fingerprint density at radius 2 is 2.15 bits per heavy atom. The Balaban J connectivity index is 3.30. The van der Waals surface area contributed by atoms with Gasteiger partial charge in [0.25, 0.3) is 0 Å². The Labute approximate surface area is 91.2 Å². The van der Waals surface area contributed by atoms with Crippen LogP contribution in [-0.4, -0.2) is 23.2 Å². The molecule has 0 spiro atoms. The molecule has 1 rings (SSSR count). The zero-order valence-corrected chi connectivity index (χ0v) is 9.72. The van der Waals surface area contributed by atoms with Crippen molar-refractivity contribution in [1.29, 1.82) is 0 Å². The summed E-state index contributed by atoms with van der Waals surface area (Å²) in [7, 11) is 1.42. The van der Waals surface area contributed by atoms with Gasteiger partial charge in [-0.2, -0.15) is 0 Å². The number of halogens is 2. The van der Waals surface area contributed by atoms with E-state index in [1.54, 1.807) is 6.07 Å². The summed E-state index contributed by atoms with van der Waals surface area (Å²) in [6.07, 6.45) is 0. The lowest BCUT2D eigenvalue weighted by Crippen LogP contribution is -2.03. The summed E-state index contributed by atoms with van der Waals surface area (Å²) in [5.41, 5.74) is -0.0694. The van der Waals surface area contributed by atoms with Crippen molar-refractivity contribution in [2.45, 2.75) is 0 Å². The molecular weight excluding hydrogens is 306 g/mol. The Morgan fingerprint density at radius 3 is 2.62 bits per heavy atom. The van der Waals surface area contributed by atoms with E-state index in [0.717, 1.165) is 0 Å². The van der Waals surface area contributed by atoms with Crippen molar-refractivity contribution in [1.82, 2.24) is 4.98 Å². The molecule has 0 aliphatic rings. The lowest BCUT2D eigenvalue weighted by Gasteiger charge is -2.04. The molecule has 1 heterocycles. The summed E-state index contributed by atoms with van der Waals surface area (Å²) in [5, 5.41) is 8.71. The number of aromatic nitrogens is 1. The van der Waals surface area contributed by atoms with Gasteiger partial charge in [0.2, 0.25) is 5.88 Å². The van der Waals surface area contributed by atoms with Gasteiger partial charge in [-0.3, -0.25) is 0 Å². The summed E-state index contributed by atoms with van der Waals surface area (Å²) in [6.45, 7) is 0. The van der Waals surface area contributed by atoms with Crippen LogP contribution in [0.3, 0.4) is 0 Å². The second-order valence-corrected chi connectivity index (χ2v) is 3.82. The largest absolute Gasteiger partial charge is 0.480 e. The summed E-state index contributed by atoms with van der Waals surface area (Å²) < 4.78 is 5.86. The topological polar surface area (TPSA) is 59.4 Å². The van der Waals surface area contributed by atoms with E-state index in [4.69, 9.17) is 9.84 Å². The number of pyridine rings is 1. The fourth-order valence-corrected chi connectivity index (χ4v) is 2.02. The van der Waals surface area contributed by atoms with Crippen molar-refractivity contribution in [2.75, 3.05) is 7.11 Å². The predicted octanol–water partition coefficient (Wildman–Crippen LogP) is 2.31. The Hall–Kier alpha value is -0.620. The van der Waals surface area contributed by atoms with Crippen molar-refractivity contribution >= 4 is 37.8 Å². The normalized spacial score (nSPS) is 9.77. The Kier molecular flexibility index (Phi) is 3.27. The Bertz CT molecular complexity index is 354. The van der Waals surface area contributed by atoms with Gasteiger partial charge in [0.05, 0.1) is 16.1 Å². The van der Waals surface area contributed by atoms with Gasteiger partial charge in [0.1, 0.15) is 0 Å². The molecule has 1 aromatic rings. The number of hydrogen-bond donors (Lipinski definition) is 1. The van der Waals surface area contributed by atoms with Gasteiger partial charge < -0.3 is 9.84 Å². The Morgan fingerprint density at radius 1 is 1.54 bits per heavy atom. The third-order valence-corrected chi connectivity index (χ3v) is 2.47. The van der Waals surface area contributed by atoms with Gasteiger partial charge in [-0.15, -0.1) is 0 Å². The van der Waals surface area contributed by atoms with Gasteiger partial charge in [-0.25, -0.2) is 9.78 Å². The second-order valence-electron chi connectivity index (χ2n) is 2.12. The highest BCUT2D eigenvalue weighted by Gasteiger charge is 2.14. The van der Waals surface area contributed by atoms with Crippen LogP contribution in [0.5, 0.6) is 5.88 Å². The first-order chi connectivity index (χ1) is 6.06. The van der Waals surface area contributed by atoms with Gasteiger partial charge >= 0.3 is 5.97 Å². The van der Waals surface area contributed by atoms with E-state index >= 15 is 0 Å². The lowest BCUT2D eigenvalue weighted by molar-refractivity contribution is 0.0688. The molecule has 70 valence electrons. The van der Waals surface area contributed by atoms with E-state index in [9.17, 15) is 4.79 Å². The van der Waals surface area contributed by atoms with Gasteiger partial charge in [-0.1, -0.05) is 0 Å². The molecule has 0 saturated heterocycles. The minimum atomic E-state index is -1.10. The predicted molar refractivity (Wildman–Crippen MR) is 53.1 cm³/mol. The van der Waals surface area contributed by atoms with Crippen molar-refractivity contribution in [3.8, 4) is 5.88 Å². The fraction of sp³-hybridized carbons (Fsp3) is 0.143. The first-order valence-corrected chi connectivity index (χ1v) is 4.78. The maximum atomic E-state index is 10.6. The summed E-state index contributed by atoms with van der Waals surface area (Å²) in [4.78, 5) is 14.4. The van der Waals surface area contributed by atoms with Crippen molar-refractivity contribution in [3.05, 3.63) is 20.7 Å². The number of rotatable bonds is 2. The van der Waals surface area contributed by atoms with Crippen LogP contribution < -0.4 is 4.74 Å². The monoisotopic (exact) mass is 309 g/mol. The van der Waals surface area contributed by atoms with Crippen LogP contribution >= 0.6 is 31.9 Å². The van der Waals surface area contributed by atoms with E-state index in [-0.39, 0.29) is 11.6 Å². The summed E-state index contributed by atoms with van der Waals surface area (Å²) in [6, 6.07) is 1.58. The minimum absolute atomic E-state index is 0.0694. The quantitative estimate of drug-likeness (QED) is 0.910. The fourth-order valence-electron chi connectivity index (χ4n) is 0.743. The molecule has 1 aromatic heterocycles. The average molecular weight is 311 g/mol. The van der Waals surface area contributed by atoms with Crippen LogP contribution in [0.15, 0.2) is 15.0 Å². The molecule has 4 nitrogen and oxygen atoms in total.